The van der Waals surface area contributed by atoms with Gasteiger partial charge in [0.1, 0.15) is 0 Å². The quantitative estimate of drug-likeness (QED) is 0.931. The van der Waals surface area contributed by atoms with Gasteiger partial charge in [0.25, 0.3) is 5.91 Å². The largest absolute Gasteiger partial charge is 0.337 e. The summed E-state index contributed by atoms with van der Waals surface area (Å²) in [5.74, 6) is 0.0265. The molecule has 15 heavy (non-hydrogen) atoms. The van der Waals surface area contributed by atoms with Gasteiger partial charge < -0.3 is 10.6 Å². The van der Waals surface area contributed by atoms with Gasteiger partial charge >= 0.3 is 0 Å². The topological polar surface area (TPSA) is 46.3 Å². The number of carbonyl (C=O) groups is 1. The fourth-order valence-corrected chi connectivity index (χ4v) is 2.33. The third kappa shape index (κ3) is 3.75. The van der Waals surface area contributed by atoms with E-state index in [0.29, 0.717) is 6.54 Å². The van der Waals surface area contributed by atoms with E-state index in [0.717, 1.165) is 8.66 Å². The van der Waals surface area contributed by atoms with Gasteiger partial charge in [-0.25, -0.2) is 0 Å². The lowest BCUT2D eigenvalue weighted by Crippen LogP contribution is -2.39. The Balaban J connectivity index is 0.00000196. The smallest absolute Gasteiger partial charge is 0.263 e. The lowest BCUT2D eigenvalue weighted by atomic mass is 10.3. The van der Waals surface area contributed by atoms with Gasteiger partial charge in [-0.15, -0.1) is 23.7 Å². The second-order valence-electron chi connectivity index (χ2n) is 3.10. The monoisotopic (exact) mass is 312 g/mol. The van der Waals surface area contributed by atoms with Crippen LogP contribution in [0.1, 0.15) is 16.6 Å². The summed E-state index contributed by atoms with van der Waals surface area (Å²) in [6.45, 7) is 2.41. The van der Waals surface area contributed by atoms with Crippen LogP contribution in [0.15, 0.2) is 15.9 Å². The maximum Gasteiger partial charge on any atom is 0.263 e. The molecule has 1 aromatic heterocycles. The van der Waals surface area contributed by atoms with Crippen molar-refractivity contribution in [2.24, 2.45) is 5.73 Å². The van der Waals surface area contributed by atoms with Crippen molar-refractivity contribution in [1.82, 2.24) is 4.90 Å². The lowest BCUT2D eigenvalue weighted by Gasteiger charge is -2.22. The number of nitrogens with two attached hydrogens (primary N) is 1. The Labute approximate surface area is 108 Å². The molecule has 2 N–H and O–H groups in total. The normalized spacial score (nSPS) is 11.7. The molecule has 1 rings (SSSR count). The number of likely N-dealkylation sites (N-methyl/N-ethyl adjacent to an activating group) is 1. The maximum atomic E-state index is 11.8. The highest BCUT2D eigenvalue weighted by Gasteiger charge is 2.17. The van der Waals surface area contributed by atoms with Crippen molar-refractivity contribution in [3.8, 4) is 0 Å². The maximum absolute atomic E-state index is 11.8. The summed E-state index contributed by atoms with van der Waals surface area (Å²) < 4.78 is 0.967. The first-order valence-electron chi connectivity index (χ1n) is 4.28. The van der Waals surface area contributed by atoms with E-state index in [1.54, 1.807) is 11.9 Å². The van der Waals surface area contributed by atoms with Crippen molar-refractivity contribution in [3.05, 3.63) is 20.8 Å². The van der Waals surface area contributed by atoms with Crippen LogP contribution >= 0.6 is 39.7 Å². The first kappa shape index (κ1) is 14.9. The van der Waals surface area contributed by atoms with E-state index in [2.05, 4.69) is 15.9 Å². The SMILES string of the molecule is CC(CN)N(C)C(=O)c1ccc(Br)s1.Cl. The van der Waals surface area contributed by atoms with Crippen LogP contribution < -0.4 is 5.73 Å². The molecule has 1 heterocycles. The van der Waals surface area contributed by atoms with E-state index in [1.807, 2.05) is 19.1 Å². The molecule has 0 fully saturated rings. The van der Waals surface area contributed by atoms with Gasteiger partial charge in [0.05, 0.1) is 8.66 Å². The Morgan fingerprint density at radius 2 is 2.27 bits per heavy atom. The molecule has 0 aliphatic rings. The molecule has 0 aromatic carbocycles. The van der Waals surface area contributed by atoms with Crippen LogP contribution in [-0.2, 0) is 0 Å². The fraction of sp³-hybridized carbons (Fsp3) is 0.444. The van der Waals surface area contributed by atoms with E-state index in [1.165, 1.54) is 11.3 Å². The average Bonchev–Trinajstić information content (AvgIpc) is 2.61. The Hall–Kier alpha value is -0.100. The Bertz CT molecular complexity index is 332. The molecular weight excluding hydrogens is 300 g/mol. The molecule has 1 aromatic rings. The van der Waals surface area contributed by atoms with E-state index >= 15 is 0 Å². The zero-order chi connectivity index (χ0) is 10.7. The Morgan fingerprint density at radius 1 is 1.67 bits per heavy atom. The summed E-state index contributed by atoms with van der Waals surface area (Å²) in [6.07, 6.45) is 0. The molecule has 3 nitrogen and oxygen atoms in total. The number of amides is 1. The minimum absolute atomic E-state index is 0. The molecule has 0 saturated carbocycles. The van der Waals surface area contributed by atoms with Crippen molar-refractivity contribution in [2.45, 2.75) is 13.0 Å². The number of rotatable bonds is 3. The van der Waals surface area contributed by atoms with Gasteiger partial charge in [0.2, 0.25) is 0 Å². The van der Waals surface area contributed by atoms with E-state index in [4.69, 9.17) is 5.73 Å². The molecule has 0 spiro atoms. The molecule has 1 amide bonds. The lowest BCUT2D eigenvalue weighted by molar-refractivity contribution is 0.0753. The summed E-state index contributed by atoms with van der Waals surface area (Å²) in [5.41, 5.74) is 5.49. The van der Waals surface area contributed by atoms with Crippen LogP contribution in [-0.4, -0.2) is 30.4 Å². The summed E-state index contributed by atoms with van der Waals surface area (Å²) >= 11 is 4.76. The van der Waals surface area contributed by atoms with Crippen LogP contribution in [0.4, 0.5) is 0 Å². The number of thiophene rings is 1. The fourth-order valence-electron chi connectivity index (χ4n) is 0.961. The third-order valence-electron chi connectivity index (χ3n) is 2.11. The minimum Gasteiger partial charge on any atom is -0.337 e. The summed E-state index contributed by atoms with van der Waals surface area (Å²) in [5, 5.41) is 0. The van der Waals surface area contributed by atoms with Gasteiger partial charge in [0, 0.05) is 19.6 Å². The van der Waals surface area contributed by atoms with Gasteiger partial charge in [0.15, 0.2) is 0 Å². The standard InChI is InChI=1S/C9H13BrN2OS.ClH/c1-6(5-11)12(2)9(13)7-3-4-8(10)14-7;/h3-4,6H,5,11H2,1-2H3;1H. The first-order valence-corrected chi connectivity index (χ1v) is 5.89. The summed E-state index contributed by atoms with van der Waals surface area (Å²) in [7, 11) is 1.77. The first-order chi connectivity index (χ1) is 6.56. The van der Waals surface area contributed by atoms with Gasteiger partial charge in [-0.2, -0.15) is 0 Å². The summed E-state index contributed by atoms with van der Waals surface area (Å²) in [4.78, 5) is 14.2. The molecular formula is C9H14BrClN2OS. The highest BCUT2D eigenvalue weighted by atomic mass is 79.9. The Morgan fingerprint density at radius 3 is 2.67 bits per heavy atom. The molecule has 0 saturated heterocycles. The second-order valence-corrected chi connectivity index (χ2v) is 5.57. The van der Waals surface area contributed by atoms with Crippen LogP contribution in [0.5, 0.6) is 0 Å². The van der Waals surface area contributed by atoms with E-state index in [-0.39, 0.29) is 24.4 Å². The molecule has 1 atom stereocenters. The van der Waals surface area contributed by atoms with Crippen molar-refractivity contribution >= 4 is 45.6 Å². The van der Waals surface area contributed by atoms with Crippen molar-refractivity contribution in [1.29, 1.82) is 0 Å². The molecule has 6 heteroatoms. The van der Waals surface area contributed by atoms with E-state index < -0.39 is 0 Å². The number of halogens is 2. The van der Waals surface area contributed by atoms with Crippen LogP contribution in [0.3, 0.4) is 0 Å². The second kappa shape index (κ2) is 6.48. The van der Waals surface area contributed by atoms with Crippen molar-refractivity contribution in [2.75, 3.05) is 13.6 Å². The van der Waals surface area contributed by atoms with E-state index in [9.17, 15) is 4.79 Å². The average molecular weight is 314 g/mol. The zero-order valence-corrected chi connectivity index (χ0v) is 11.8. The number of nitrogens with zero attached hydrogens (tertiary/aromatic N) is 1. The van der Waals surface area contributed by atoms with Gasteiger partial charge in [-0.05, 0) is 35.0 Å². The number of hydrogen-bond donors (Lipinski definition) is 1. The molecule has 86 valence electrons. The molecule has 0 aliphatic heterocycles. The predicted octanol–water partition coefficient (Wildman–Crippen LogP) is 2.35. The van der Waals surface area contributed by atoms with Crippen molar-refractivity contribution in [3.63, 3.8) is 0 Å². The summed E-state index contributed by atoms with van der Waals surface area (Å²) in [6, 6.07) is 3.76. The molecule has 0 bridgehead atoms. The molecule has 0 radical (unpaired) electrons. The van der Waals surface area contributed by atoms with Gasteiger partial charge in [-0.1, -0.05) is 0 Å². The van der Waals surface area contributed by atoms with Crippen LogP contribution in [0.25, 0.3) is 0 Å². The number of carbonyl (C=O) groups excluding carboxylic acids is 1. The zero-order valence-electron chi connectivity index (χ0n) is 8.57. The van der Waals surface area contributed by atoms with Crippen LogP contribution in [0, 0.1) is 0 Å². The van der Waals surface area contributed by atoms with Gasteiger partial charge in [-0.3, -0.25) is 4.79 Å². The Kier molecular flexibility index (Phi) is 6.43. The van der Waals surface area contributed by atoms with Crippen LogP contribution in [0.2, 0.25) is 0 Å². The number of hydrogen-bond acceptors (Lipinski definition) is 3. The highest BCUT2D eigenvalue weighted by Crippen LogP contribution is 2.23. The highest BCUT2D eigenvalue weighted by molar-refractivity contribution is 9.11. The predicted molar refractivity (Wildman–Crippen MR) is 69.9 cm³/mol. The third-order valence-corrected chi connectivity index (χ3v) is 3.72. The minimum atomic E-state index is 0. The molecule has 0 aliphatic carbocycles. The van der Waals surface area contributed by atoms with Crippen molar-refractivity contribution < 1.29 is 4.79 Å². The molecule has 1 unspecified atom stereocenters.